The minimum Gasteiger partial charge on any atom is -0.426 e. The predicted molar refractivity (Wildman–Crippen MR) is 82.0 cm³/mol. The molecule has 0 aliphatic rings. The van der Waals surface area contributed by atoms with Gasteiger partial charge < -0.3 is 15.9 Å². The van der Waals surface area contributed by atoms with Crippen LogP contribution in [-0.2, 0) is 4.79 Å². The van der Waals surface area contributed by atoms with Crippen molar-refractivity contribution in [1.29, 1.82) is 5.41 Å². The molecule has 1 aromatic rings. The number of nitrogens with one attached hydrogen (secondary N) is 1. The van der Waals surface area contributed by atoms with Crippen molar-refractivity contribution < 1.29 is 9.53 Å². The zero-order valence-corrected chi connectivity index (χ0v) is 12.3. The van der Waals surface area contributed by atoms with Crippen molar-refractivity contribution in [3.8, 4) is 5.75 Å². The average molecular weight is 274 g/mol. The summed E-state index contributed by atoms with van der Waals surface area (Å²) < 4.78 is 5.21. The van der Waals surface area contributed by atoms with E-state index in [9.17, 15) is 4.79 Å². The summed E-state index contributed by atoms with van der Waals surface area (Å²) in [6.07, 6.45) is 2.38. The van der Waals surface area contributed by atoms with Crippen molar-refractivity contribution in [1.82, 2.24) is 0 Å². The SMILES string of the molecule is C/C(=C\C(=N)CCN)c1ccc(OC(=O)C(C)C)cc1. The highest BCUT2D eigenvalue weighted by atomic mass is 16.5. The summed E-state index contributed by atoms with van der Waals surface area (Å²) in [7, 11) is 0. The van der Waals surface area contributed by atoms with Crippen molar-refractivity contribution in [2.24, 2.45) is 11.7 Å². The summed E-state index contributed by atoms with van der Waals surface area (Å²) in [6, 6.07) is 7.29. The molecule has 0 fully saturated rings. The molecule has 0 aliphatic carbocycles. The molecule has 108 valence electrons. The molecule has 4 nitrogen and oxygen atoms in total. The molecule has 0 spiro atoms. The number of ether oxygens (including phenoxy) is 1. The number of hydrogen-bond acceptors (Lipinski definition) is 4. The Kier molecular flexibility index (Phi) is 6.12. The van der Waals surface area contributed by atoms with Gasteiger partial charge in [0.15, 0.2) is 0 Å². The van der Waals surface area contributed by atoms with Gasteiger partial charge in [-0.05, 0) is 42.8 Å². The summed E-state index contributed by atoms with van der Waals surface area (Å²) in [5.74, 6) is 0.153. The van der Waals surface area contributed by atoms with E-state index in [0.29, 0.717) is 24.4 Å². The summed E-state index contributed by atoms with van der Waals surface area (Å²) in [6.45, 7) is 6.02. The highest BCUT2D eigenvalue weighted by molar-refractivity contribution is 5.98. The topological polar surface area (TPSA) is 76.2 Å². The van der Waals surface area contributed by atoms with Crippen LogP contribution >= 0.6 is 0 Å². The zero-order valence-electron chi connectivity index (χ0n) is 12.3. The highest BCUT2D eigenvalue weighted by Gasteiger charge is 2.09. The van der Waals surface area contributed by atoms with Crippen LogP contribution in [0.2, 0.25) is 0 Å². The van der Waals surface area contributed by atoms with Gasteiger partial charge in [0.05, 0.1) is 5.92 Å². The Morgan fingerprint density at radius 3 is 2.45 bits per heavy atom. The van der Waals surface area contributed by atoms with Gasteiger partial charge in [0.2, 0.25) is 0 Å². The molecule has 1 aromatic carbocycles. The standard InChI is InChI=1S/C16H22N2O2/c1-11(2)16(19)20-15-6-4-13(5-7-15)12(3)10-14(18)8-9-17/h4-7,10-11,18H,8-9,17H2,1-3H3/b12-10+,18-14?. The van der Waals surface area contributed by atoms with Gasteiger partial charge in [-0.3, -0.25) is 4.79 Å². The van der Waals surface area contributed by atoms with Gasteiger partial charge in [-0.25, -0.2) is 0 Å². The van der Waals surface area contributed by atoms with Crippen molar-refractivity contribution in [2.75, 3.05) is 6.54 Å². The van der Waals surface area contributed by atoms with Gasteiger partial charge >= 0.3 is 5.97 Å². The monoisotopic (exact) mass is 274 g/mol. The van der Waals surface area contributed by atoms with Crippen LogP contribution in [0.5, 0.6) is 5.75 Å². The Bertz CT molecular complexity index is 502. The average Bonchev–Trinajstić information content (AvgIpc) is 2.39. The first-order chi connectivity index (χ1) is 9.43. The van der Waals surface area contributed by atoms with Gasteiger partial charge in [-0.15, -0.1) is 0 Å². The second kappa shape index (κ2) is 7.60. The Morgan fingerprint density at radius 2 is 1.95 bits per heavy atom. The fourth-order valence-corrected chi connectivity index (χ4v) is 1.59. The third-order valence-electron chi connectivity index (χ3n) is 2.80. The molecular formula is C16H22N2O2. The maximum Gasteiger partial charge on any atom is 0.313 e. The molecule has 1 rings (SSSR count). The molecule has 0 saturated carbocycles. The predicted octanol–water partition coefficient (Wildman–Crippen LogP) is 3.02. The maximum atomic E-state index is 11.5. The van der Waals surface area contributed by atoms with Gasteiger partial charge in [-0.1, -0.05) is 26.0 Å². The third-order valence-corrected chi connectivity index (χ3v) is 2.80. The molecule has 0 atom stereocenters. The van der Waals surface area contributed by atoms with E-state index in [1.807, 2.05) is 25.1 Å². The summed E-state index contributed by atoms with van der Waals surface area (Å²) in [5.41, 5.74) is 7.92. The van der Waals surface area contributed by atoms with Crippen LogP contribution in [0.3, 0.4) is 0 Å². The van der Waals surface area contributed by atoms with E-state index < -0.39 is 0 Å². The molecule has 4 heteroatoms. The van der Waals surface area contributed by atoms with Crippen LogP contribution in [0.25, 0.3) is 5.57 Å². The van der Waals surface area contributed by atoms with E-state index >= 15 is 0 Å². The molecule has 0 bridgehead atoms. The van der Waals surface area contributed by atoms with Gasteiger partial charge in [0, 0.05) is 12.1 Å². The second-order valence-corrected chi connectivity index (χ2v) is 4.99. The number of rotatable bonds is 6. The molecule has 20 heavy (non-hydrogen) atoms. The first-order valence-electron chi connectivity index (χ1n) is 6.72. The largest absolute Gasteiger partial charge is 0.426 e. The molecule has 0 amide bonds. The number of benzene rings is 1. The Hall–Kier alpha value is -1.94. The normalized spacial score (nSPS) is 11.6. The lowest BCUT2D eigenvalue weighted by Crippen LogP contribution is -2.14. The fourth-order valence-electron chi connectivity index (χ4n) is 1.59. The van der Waals surface area contributed by atoms with Crippen LogP contribution < -0.4 is 10.5 Å². The molecular weight excluding hydrogens is 252 g/mol. The minimum absolute atomic E-state index is 0.145. The molecule has 0 heterocycles. The number of esters is 1. The Balaban J connectivity index is 2.76. The third kappa shape index (κ3) is 4.97. The minimum atomic E-state index is -0.241. The van der Waals surface area contributed by atoms with E-state index in [4.69, 9.17) is 15.9 Å². The zero-order chi connectivity index (χ0) is 15.1. The van der Waals surface area contributed by atoms with Crippen LogP contribution in [0.4, 0.5) is 0 Å². The number of carbonyl (C=O) groups is 1. The van der Waals surface area contributed by atoms with Crippen LogP contribution in [0.1, 0.15) is 32.8 Å². The van der Waals surface area contributed by atoms with Crippen LogP contribution in [0, 0.1) is 11.3 Å². The Morgan fingerprint density at radius 1 is 1.35 bits per heavy atom. The molecule has 0 aliphatic heterocycles. The van der Waals surface area contributed by atoms with E-state index in [1.54, 1.807) is 26.0 Å². The first kappa shape index (κ1) is 16.1. The molecule has 3 N–H and O–H groups in total. The summed E-state index contributed by atoms with van der Waals surface area (Å²) in [4.78, 5) is 11.5. The van der Waals surface area contributed by atoms with E-state index in [2.05, 4.69) is 0 Å². The van der Waals surface area contributed by atoms with E-state index in [0.717, 1.165) is 11.1 Å². The molecule has 0 unspecified atom stereocenters. The van der Waals surface area contributed by atoms with Gasteiger partial charge in [-0.2, -0.15) is 0 Å². The molecule has 0 saturated heterocycles. The van der Waals surface area contributed by atoms with E-state index in [-0.39, 0.29) is 11.9 Å². The molecule has 0 aromatic heterocycles. The smallest absolute Gasteiger partial charge is 0.313 e. The summed E-state index contributed by atoms with van der Waals surface area (Å²) in [5, 5.41) is 7.72. The maximum absolute atomic E-state index is 11.5. The lowest BCUT2D eigenvalue weighted by molar-refractivity contribution is -0.137. The van der Waals surface area contributed by atoms with Crippen molar-refractivity contribution in [2.45, 2.75) is 27.2 Å². The van der Waals surface area contributed by atoms with Crippen LogP contribution in [-0.4, -0.2) is 18.2 Å². The Labute approximate surface area is 120 Å². The van der Waals surface area contributed by atoms with Crippen molar-refractivity contribution >= 4 is 17.3 Å². The van der Waals surface area contributed by atoms with Crippen molar-refractivity contribution in [3.05, 3.63) is 35.9 Å². The number of nitrogens with two attached hydrogens (primary N) is 1. The quantitative estimate of drug-likeness (QED) is 0.475. The molecule has 0 radical (unpaired) electrons. The number of carbonyl (C=O) groups excluding carboxylic acids is 1. The summed E-state index contributed by atoms with van der Waals surface area (Å²) >= 11 is 0. The number of allylic oxidation sites excluding steroid dienone is 2. The number of hydrogen-bond donors (Lipinski definition) is 2. The van der Waals surface area contributed by atoms with Gasteiger partial charge in [0.25, 0.3) is 0 Å². The van der Waals surface area contributed by atoms with Crippen molar-refractivity contribution in [3.63, 3.8) is 0 Å². The van der Waals surface area contributed by atoms with E-state index in [1.165, 1.54) is 0 Å². The lowest BCUT2D eigenvalue weighted by Gasteiger charge is -2.08. The highest BCUT2D eigenvalue weighted by Crippen LogP contribution is 2.19. The first-order valence-corrected chi connectivity index (χ1v) is 6.72. The van der Waals surface area contributed by atoms with Gasteiger partial charge in [0.1, 0.15) is 5.75 Å². The fraction of sp³-hybridized carbons (Fsp3) is 0.375. The van der Waals surface area contributed by atoms with Crippen LogP contribution in [0.15, 0.2) is 30.3 Å². The second-order valence-electron chi connectivity index (χ2n) is 4.99. The lowest BCUT2D eigenvalue weighted by atomic mass is 10.0.